The third-order valence-corrected chi connectivity index (χ3v) is 5.12. The number of nitrogens with two attached hydrogens (primary N) is 1. The van der Waals surface area contributed by atoms with Crippen LogP contribution >= 0.6 is 12.4 Å². The Bertz CT molecular complexity index is 760. The van der Waals surface area contributed by atoms with Crippen LogP contribution in [-0.2, 0) is 13.0 Å². The van der Waals surface area contributed by atoms with Crippen molar-refractivity contribution in [2.75, 3.05) is 25.0 Å². The summed E-state index contributed by atoms with van der Waals surface area (Å²) in [5.41, 5.74) is 10.8. The predicted molar refractivity (Wildman–Crippen MR) is 100 cm³/mol. The maximum atomic E-state index is 11.2. The van der Waals surface area contributed by atoms with Gasteiger partial charge in [-0.2, -0.15) is 5.10 Å². The number of H-pyrrole nitrogens is 1. The Labute approximate surface area is 153 Å². The number of nitrogens with one attached hydrogen (secondary N) is 2. The SMILES string of the molecule is Cl.NC(=O)c1cc(C2CCCN(Cc3cccc4c3NCC4)C2)[nH]n1. The largest absolute Gasteiger partial charge is 0.384 e. The Morgan fingerprint density at radius 3 is 3.08 bits per heavy atom. The molecule has 2 aliphatic rings. The highest BCUT2D eigenvalue weighted by Gasteiger charge is 2.25. The number of rotatable bonds is 4. The van der Waals surface area contributed by atoms with Gasteiger partial charge in [-0.25, -0.2) is 0 Å². The molecule has 0 spiro atoms. The lowest BCUT2D eigenvalue weighted by Gasteiger charge is -2.32. The van der Waals surface area contributed by atoms with E-state index in [2.05, 4.69) is 38.6 Å². The summed E-state index contributed by atoms with van der Waals surface area (Å²) in [6.07, 6.45) is 3.38. The lowest BCUT2D eigenvalue weighted by Crippen LogP contribution is -2.34. The molecule has 1 unspecified atom stereocenters. The Balaban J connectivity index is 0.00000182. The molecule has 6 nitrogen and oxygen atoms in total. The zero-order valence-electron chi connectivity index (χ0n) is 14.1. The van der Waals surface area contributed by atoms with Crippen molar-refractivity contribution in [2.45, 2.75) is 31.7 Å². The normalized spacial score (nSPS) is 19.8. The van der Waals surface area contributed by atoms with Crippen LogP contribution in [0.1, 0.15) is 46.1 Å². The predicted octanol–water partition coefficient (Wildman–Crippen LogP) is 2.28. The van der Waals surface area contributed by atoms with E-state index in [0.717, 1.165) is 51.1 Å². The van der Waals surface area contributed by atoms with Crippen LogP contribution in [0.15, 0.2) is 24.3 Å². The van der Waals surface area contributed by atoms with E-state index in [1.807, 2.05) is 0 Å². The molecule has 1 aromatic heterocycles. The standard InChI is InChI=1S/C18H23N5O.ClH/c19-18(24)16-9-15(21-22-16)13-5-2-8-23(10-13)11-14-4-1-3-12-6-7-20-17(12)14;/h1,3-4,9,13,20H,2,5-8,10-11H2,(H2,19,24)(H,21,22);1H. The maximum absolute atomic E-state index is 11.2. The Morgan fingerprint density at radius 1 is 1.40 bits per heavy atom. The van der Waals surface area contributed by atoms with E-state index in [-0.39, 0.29) is 12.4 Å². The molecule has 1 fully saturated rings. The second kappa shape index (κ2) is 7.45. The van der Waals surface area contributed by atoms with E-state index >= 15 is 0 Å². The molecule has 1 amide bonds. The van der Waals surface area contributed by atoms with Gasteiger partial charge in [0, 0.05) is 36.9 Å². The smallest absolute Gasteiger partial charge is 0.269 e. The minimum Gasteiger partial charge on any atom is -0.384 e. The number of anilines is 1. The summed E-state index contributed by atoms with van der Waals surface area (Å²) < 4.78 is 0. The molecule has 0 saturated carbocycles. The zero-order chi connectivity index (χ0) is 16.5. The van der Waals surface area contributed by atoms with Crippen LogP contribution in [0.25, 0.3) is 0 Å². The molecule has 0 bridgehead atoms. The molecular formula is C18H24ClN5O. The summed E-state index contributed by atoms with van der Waals surface area (Å²) in [5, 5.41) is 10.5. The van der Waals surface area contributed by atoms with Crippen molar-refractivity contribution in [3.63, 3.8) is 0 Å². The van der Waals surface area contributed by atoms with Gasteiger partial charge in [-0.3, -0.25) is 14.8 Å². The number of benzene rings is 1. The highest BCUT2D eigenvalue weighted by atomic mass is 35.5. The van der Waals surface area contributed by atoms with Crippen LogP contribution in [-0.4, -0.2) is 40.6 Å². The molecule has 1 saturated heterocycles. The Morgan fingerprint density at radius 2 is 2.28 bits per heavy atom. The van der Waals surface area contributed by atoms with Crippen LogP contribution in [0.5, 0.6) is 0 Å². The lowest BCUT2D eigenvalue weighted by atomic mass is 9.94. The molecule has 0 aliphatic carbocycles. The fourth-order valence-corrected chi connectivity index (χ4v) is 3.91. The average Bonchev–Trinajstić information content (AvgIpc) is 3.25. The van der Waals surface area contributed by atoms with Gasteiger partial charge in [0.2, 0.25) is 0 Å². The van der Waals surface area contributed by atoms with E-state index in [9.17, 15) is 4.79 Å². The second-order valence-corrected chi connectivity index (χ2v) is 6.78. The van der Waals surface area contributed by atoms with Crippen molar-refractivity contribution < 1.29 is 4.79 Å². The first-order chi connectivity index (χ1) is 11.7. The number of aromatic nitrogens is 2. The van der Waals surface area contributed by atoms with Crippen LogP contribution < -0.4 is 11.1 Å². The molecule has 4 N–H and O–H groups in total. The number of amides is 1. The quantitative estimate of drug-likeness (QED) is 0.779. The minimum absolute atomic E-state index is 0. The lowest BCUT2D eigenvalue weighted by molar-refractivity contribution is 0.0995. The molecule has 1 atom stereocenters. The van der Waals surface area contributed by atoms with Gasteiger partial charge in [-0.1, -0.05) is 18.2 Å². The molecule has 3 heterocycles. The molecule has 2 aromatic rings. The van der Waals surface area contributed by atoms with Gasteiger partial charge in [0.25, 0.3) is 5.91 Å². The zero-order valence-corrected chi connectivity index (χ0v) is 14.9. The number of hydrogen-bond donors (Lipinski definition) is 3. The van der Waals surface area contributed by atoms with Crippen molar-refractivity contribution in [1.82, 2.24) is 15.1 Å². The summed E-state index contributed by atoms with van der Waals surface area (Å²) in [5.74, 6) is -0.0971. The van der Waals surface area contributed by atoms with Crippen molar-refractivity contribution in [2.24, 2.45) is 5.73 Å². The number of primary amides is 1. The maximum Gasteiger partial charge on any atom is 0.269 e. The fourth-order valence-electron chi connectivity index (χ4n) is 3.91. The summed E-state index contributed by atoms with van der Waals surface area (Å²) in [7, 11) is 0. The number of likely N-dealkylation sites (tertiary alicyclic amines) is 1. The molecule has 4 rings (SSSR count). The number of aromatic amines is 1. The first-order valence-electron chi connectivity index (χ1n) is 8.63. The van der Waals surface area contributed by atoms with E-state index in [1.165, 1.54) is 16.8 Å². The van der Waals surface area contributed by atoms with Crippen molar-refractivity contribution in [3.8, 4) is 0 Å². The van der Waals surface area contributed by atoms with E-state index in [1.54, 1.807) is 6.07 Å². The number of nitrogens with zero attached hydrogens (tertiary/aromatic N) is 2. The van der Waals surface area contributed by atoms with Gasteiger partial charge < -0.3 is 11.1 Å². The van der Waals surface area contributed by atoms with E-state index < -0.39 is 5.91 Å². The number of carbonyl (C=O) groups excluding carboxylic acids is 1. The number of hydrogen-bond acceptors (Lipinski definition) is 4. The molecule has 0 radical (unpaired) electrons. The van der Waals surface area contributed by atoms with Gasteiger partial charge in [0.05, 0.1) is 0 Å². The van der Waals surface area contributed by atoms with Crippen molar-refractivity contribution in [1.29, 1.82) is 0 Å². The van der Waals surface area contributed by atoms with Crippen molar-refractivity contribution >= 4 is 24.0 Å². The fraction of sp³-hybridized carbons (Fsp3) is 0.444. The molecule has 25 heavy (non-hydrogen) atoms. The molecule has 2 aliphatic heterocycles. The Kier molecular flexibility index (Phi) is 5.30. The van der Waals surface area contributed by atoms with Crippen molar-refractivity contribution in [3.05, 3.63) is 46.8 Å². The third kappa shape index (κ3) is 3.65. The van der Waals surface area contributed by atoms with Gasteiger partial charge in [0.15, 0.2) is 0 Å². The van der Waals surface area contributed by atoms with E-state index in [4.69, 9.17) is 5.73 Å². The number of para-hydroxylation sites is 1. The molecule has 1 aromatic carbocycles. The van der Waals surface area contributed by atoms with E-state index in [0.29, 0.717) is 11.6 Å². The van der Waals surface area contributed by atoms with Crippen LogP contribution in [0, 0.1) is 0 Å². The van der Waals surface area contributed by atoms with Crippen LogP contribution in [0.3, 0.4) is 0 Å². The highest BCUT2D eigenvalue weighted by molar-refractivity contribution is 5.90. The average molecular weight is 362 g/mol. The highest BCUT2D eigenvalue weighted by Crippen LogP contribution is 2.31. The number of carbonyl (C=O) groups is 1. The van der Waals surface area contributed by atoms with Gasteiger partial charge >= 0.3 is 0 Å². The molecule has 7 heteroatoms. The number of piperidine rings is 1. The van der Waals surface area contributed by atoms with Crippen LogP contribution in [0.4, 0.5) is 5.69 Å². The minimum atomic E-state index is -0.476. The summed E-state index contributed by atoms with van der Waals surface area (Å²) in [6.45, 7) is 4.09. The first-order valence-corrected chi connectivity index (χ1v) is 8.63. The molecular weight excluding hydrogens is 338 g/mol. The summed E-state index contributed by atoms with van der Waals surface area (Å²) in [4.78, 5) is 13.7. The monoisotopic (exact) mass is 361 g/mol. The summed E-state index contributed by atoms with van der Waals surface area (Å²) >= 11 is 0. The number of halogens is 1. The van der Waals surface area contributed by atoms with Crippen LogP contribution in [0.2, 0.25) is 0 Å². The Hall–Kier alpha value is -2.05. The molecule has 134 valence electrons. The van der Waals surface area contributed by atoms with Gasteiger partial charge in [-0.05, 0) is 43.0 Å². The van der Waals surface area contributed by atoms with Gasteiger partial charge in [-0.15, -0.1) is 12.4 Å². The third-order valence-electron chi connectivity index (χ3n) is 5.12. The van der Waals surface area contributed by atoms with Gasteiger partial charge in [0.1, 0.15) is 5.69 Å². The summed E-state index contributed by atoms with van der Waals surface area (Å²) in [6, 6.07) is 8.41. The second-order valence-electron chi connectivity index (χ2n) is 6.78. The number of fused-ring (bicyclic) bond motifs is 1. The topological polar surface area (TPSA) is 87.0 Å². The first kappa shape index (κ1) is 17.8.